The van der Waals surface area contributed by atoms with Crippen molar-refractivity contribution in [1.82, 2.24) is 0 Å². The lowest BCUT2D eigenvalue weighted by Crippen LogP contribution is -2.13. The van der Waals surface area contributed by atoms with Gasteiger partial charge in [0.15, 0.2) is 0 Å². The molecule has 0 amide bonds. The van der Waals surface area contributed by atoms with Crippen LogP contribution >= 0.6 is 24.0 Å². The number of halogens is 3. The van der Waals surface area contributed by atoms with Crippen LogP contribution in [-0.2, 0) is 0 Å². The lowest BCUT2D eigenvalue weighted by molar-refractivity contribution is 0.554. The lowest BCUT2D eigenvalue weighted by atomic mass is 10.0. The van der Waals surface area contributed by atoms with Gasteiger partial charge in [-0.3, -0.25) is 0 Å². The maximum Gasteiger partial charge on any atom is 0.129 e. The van der Waals surface area contributed by atoms with Crippen LogP contribution in [0.1, 0.15) is 24.4 Å². The maximum absolute atomic E-state index is 13.3. The number of hydrogen-bond acceptors (Lipinski definition) is 1. The summed E-state index contributed by atoms with van der Waals surface area (Å²) in [5.41, 5.74) is 6.46. The number of hydrogen-bond donors (Lipinski definition) is 1. The van der Waals surface area contributed by atoms with E-state index in [0.29, 0.717) is 16.5 Å². The summed E-state index contributed by atoms with van der Waals surface area (Å²) < 4.78 is 13.3. The average Bonchev–Trinajstić information content (AvgIpc) is 2.85. The van der Waals surface area contributed by atoms with Crippen molar-refractivity contribution in [3.63, 3.8) is 0 Å². The molecular formula is C10H12Cl2FN. The second-order valence-corrected chi connectivity index (χ2v) is 3.97. The van der Waals surface area contributed by atoms with Gasteiger partial charge in [0.25, 0.3) is 0 Å². The molecule has 0 aliphatic heterocycles. The number of benzene rings is 1. The Kier molecular flexibility index (Phi) is 3.76. The van der Waals surface area contributed by atoms with Crippen LogP contribution in [0.25, 0.3) is 0 Å². The highest BCUT2D eigenvalue weighted by Gasteiger charge is 2.30. The molecule has 1 aromatic rings. The first-order valence-corrected chi connectivity index (χ1v) is 4.77. The molecule has 78 valence electrons. The van der Waals surface area contributed by atoms with Gasteiger partial charge in [-0.1, -0.05) is 17.7 Å². The predicted octanol–water partition coefficient (Wildman–Crippen LogP) is 3.31. The summed E-state index contributed by atoms with van der Waals surface area (Å²) in [6.07, 6.45) is 2.23. The van der Waals surface area contributed by atoms with Gasteiger partial charge in [0.05, 0.1) is 0 Å². The fraction of sp³-hybridized carbons (Fsp3) is 0.400. The van der Waals surface area contributed by atoms with Gasteiger partial charge in [-0.15, -0.1) is 12.4 Å². The first-order chi connectivity index (χ1) is 6.18. The third-order valence-electron chi connectivity index (χ3n) is 2.45. The smallest absolute Gasteiger partial charge is 0.129 e. The van der Waals surface area contributed by atoms with Crippen LogP contribution in [-0.4, -0.2) is 0 Å². The van der Waals surface area contributed by atoms with E-state index in [1.807, 2.05) is 0 Å². The van der Waals surface area contributed by atoms with E-state index in [9.17, 15) is 4.39 Å². The molecule has 0 heterocycles. The van der Waals surface area contributed by atoms with Gasteiger partial charge in [-0.25, -0.2) is 4.39 Å². The molecule has 14 heavy (non-hydrogen) atoms. The summed E-state index contributed by atoms with van der Waals surface area (Å²) in [6.45, 7) is 0. The molecule has 0 saturated heterocycles. The van der Waals surface area contributed by atoms with E-state index in [4.69, 9.17) is 17.3 Å². The monoisotopic (exact) mass is 235 g/mol. The van der Waals surface area contributed by atoms with Crippen LogP contribution in [0.2, 0.25) is 5.02 Å². The second-order valence-electron chi connectivity index (χ2n) is 3.53. The maximum atomic E-state index is 13.3. The molecule has 0 aromatic heterocycles. The van der Waals surface area contributed by atoms with Crippen LogP contribution in [0, 0.1) is 11.7 Å². The molecule has 1 atom stereocenters. The van der Waals surface area contributed by atoms with E-state index in [-0.39, 0.29) is 24.3 Å². The summed E-state index contributed by atoms with van der Waals surface area (Å²) in [7, 11) is 0. The van der Waals surface area contributed by atoms with E-state index in [1.54, 1.807) is 12.1 Å². The molecule has 1 fully saturated rings. The lowest BCUT2D eigenvalue weighted by Gasteiger charge is -2.11. The van der Waals surface area contributed by atoms with Crippen molar-refractivity contribution in [3.05, 3.63) is 34.6 Å². The predicted molar refractivity (Wildman–Crippen MR) is 58.3 cm³/mol. The van der Waals surface area contributed by atoms with Gasteiger partial charge in [0.1, 0.15) is 5.82 Å². The van der Waals surface area contributed by atoms with Crippen molar-refractivity contribution in [3.8, 4) is 0 Å². The minimum atomic E-state index is -0.285. The van der Waals surface area contributed by atoms with Crippen molar-refractivity contribution in [1.29, 1.82) is 0 Å². The Bertz CT molecular complexity index is 326. The summed E-state index contributed by atoms with van der Waals surface area (Å²) >= 11 is 5.64. The molecule has 2 rings (SSSR count). The molecule has 2 N–H and O–H groups in total. The minimum Gasteiger partial charge on any atom is -0.324 e. The highest BCUT2D eigenvalue weighted by atomic mass is 35.5. The van der Waals surface area contributed by atoms with E-state index in [2.05, 4.69) is 0 Å². The Balaban J connectivity index is 0.000000980. The molecule has 1 aromatic carbocycles. The van der Waals surface area contributed by atoms with E-state index in [1.165, 1.54) is 6.07 Å². The van der Waals surface area contributed by atoms with Gasteiger partial charge in [0.2, 0.25) is 0 Å². The third kappa shape index (κ3) is 2.38. The Morgan fingerprint density at radius 1 is 1.43 bits per heavy atom. The molecule has 1 nitrogen and oxygen atoms in total. The molecule has 1 saturated carbocycles. The first-order valence-electron chi connectivity index (χ1n) is 4.39. The molecule has 4 heteroatoms. The standard InChI is InChI=1S/C10H11ClFN.ClH/c11-7-3-4-8(9(12)5-7)10(13)6-1-2-6;/h3-6,10H,1-2,13H2;1H/t10-;/m0./s1. The zero-order valence-corrected chi connectivity index (χ0v) is 9.11. The molecule has 1 aliphatic rings. The van der Waals surface area contributed by atoms with E-state index < -0.39 is 0 Å². The summed E-state index contributed by atoms with van der Waals surface area (Å²) in [5, 5.41) is 0.421. The van der Waals surface area contributed by atoms with Crippen molar-refractivity contribution in [2.45, 2.75) is 18.9 Å². The van der Waals surface area contributed by atoms with Crippen LogP contribution < -0.4 is 5.73 Å². The molecule has 0 bridgehead atoms. The average molecular weight is 236 g/mol. The van der Waals surface area contributed by atoms with E-state index in [0.717, 1.165) is 12.8 Å². The van der Waals surface area contributed by atoms with Crippen LogP contribution in [0.5, 0.6) is 0 Å². The first kappa shape index (κ1) is 11.8. The van der Waals surface area contributed by atoms with Crippen molar-refractivity contribution in [2.75, 3.05) is 0 Å². The summed E-state index contributed by atoms with van der Waals surface area (Å²) in [5.74, 6) is 0.183. The van der Waals surface area contributed by atoms with Gasteiger partial charge >= 0.3 is 0 Å². The quantitative estimate of drug-likeness (QED) is 0.837. The van der Waals surface area contributed by atoms with Crippen molar-refractivity contribution < 1.29 is 4.39 Å². The molecule has 0 unspecified atom stereocenters. The molecular weight excluding hydrogens is 224 g/mol. The molecule has 1 aliphatic carbocycles. The van der Waals surface area contributed by atoms with Gasteiger partial charge in [-0.2, -0.15) is 0 Å². The van der Waals surface area contributed by atoms with Crippen LogP contribution in [0.3, 0.4) is 0 Å². The fourth-order valence-electron chi connectivity index (χ4n) is 1.48. The third-order valence-corrected chi connectivity index (χ3v) is 2.69. The normalized spacial score (nSPS) is 17.4. The topological polar surface area (TPSA) is 26.0 Å². The highest BCUT2D eigenvalue weighted by molar-refractivity contribution is 6.30. The second kappa shape index (κ2) is 4.47. The van der Waals surface area contributed by atoms with Crippen molar-refractivity contribution >= 4 is 24.0 Å². The molecule has 0 spiro atoms. The highest BCUT2D eigenvalue weighted by Crippen LogP contribution is 2.40. The van der Waals surface area contributed by atoms with Gasteiger partial charge in [-0.05, 0) is 30.9 Å². The number of rotatable bonds is 2. The Labute approximate surface area is 93.8 Å². The Hall–Kier alpha value is -0.310. The Morgan fingerprint density at radius 2 is 2.07 bits per heavy atom. The number of nitrogens with two attached hydrogens (primary N) is 1. The SMILES string of the molecule is Cl.N[C@H](c1ccc(Cl)cc1F)C1CC1. The van der Waals surface area contributed by atoms with E-state index >= 15 is 0 Å². The minimum absolute atomic E-state index is 0. The zero-order valence-electron chi connectivity index (χ0n) is 7.54. The fourth-order valence-corrected chi connectivity index (χ4v) is 1.64. The van der Waals surface area contributed by atoms with Crippen LogP contribution in [0.15, 0.2) is 18.2 Å². The van der Waals surface area contributed by atoms with Crippen LogP contribution in [0.4, 0.5) is 4.39 Å². The largest absolute Gasteiger partial charge is 0.324 e. The van der Waals surface area contributed by atoms with Gasteiger partial charge < -0.3 is 5.73 Å². The van der Waals surface area contributed by atoms with Crippen molar-refractivity contribution in [2.24, 2.45) is 11.7 Å². The zero-order chi connectivity index (χ0) is 9.42. The molecule has 0 radical (unpaired) electrons. The van der Waals surface area contributed by atoms with Gasteiger partial charge in [0, 0.05) is 16.6 Å². The summed E-state index contributed by atoms with van der Waals surface area (Å²) in [4.78, 5) is 0. The Morgan fingerprint density at radius 3 is 2.57 bits per heavy atom. The summed E-state index contributed by atoms with van der Waals surface area (Å²) in [6, 6.07) is 4.53.